The topological polar surface area (TPSA) is 69.6 Å². The Kier molecular flexibility index (Phi) is 2.76. The minimum Gasteiger partial charge on any atom is -0.465 e. The summed E-state index contributed by atoms with van der Waals surface area (Å²) >= 11 is 0. The highest BCUT2D eigenvalue weighted by molar-refractivity contribution is 5.77. The van der Waals surface area contributed by atoms with Gasteiger partial charge in [-0.15, -0.1) is 0 Å². The molecule has 5 heteroatoms. The molecule has 0 atom stereocenters. The van der Waals surface area contributed by atoms with Crippen molar-refractivity contribution < 1.29 is 14.7 Å². The van der Waals surface area contributed by atoms with Crippen molar-refractivity contribution in [1.29, 1.82) is 0 Å². The van der Waals surface area contributed by atoms with E-state index in [1.165, 1.54) is 0 Å². The molecule has 1 fully saturated rings. The normalized spacial score (nSPS) is 15.4. The highest BCUT2D eigenvalue weighted by atomic mass is 16.4. The lowest BCUT2D eigenvalue weighted by molar-refractivity contribution is 0.112. The lowest BCUT2D eigenvalue weighted by Crippen LogP contribution is -2.59. The summed E-state index contributed by atoms with van der Waals surface area (Å²) in [5, 5.41) is 10.9. The average Bonchev–Trinajstić information content (AvgIpc) is 2.22. The zero-order valence-electron chi connectivity index (χ0n) is 8.59. The number of rotatable bonds is 3. The highest BCUT2D eigenvalue weighted by Crippen LogP contribution is 2.21. The van der Waals surface area contributed by atoms with Crippen LogP contribution in [0.4, 0.5) is 10.5 Å². The molecule has 2 rings (SSSR count). The van der Waals surface area contributed by atoms with Crippen LogP contribution in [0.3, 0.4) is 0 Å². The van der Waals surface area contributed by atoms with Crippen LogP contribution in [0.5, 0.6) is 0 Å². The number of hydrogen-bond donors (Lipinski definition) is 2. The van der Waals surface area contributed by atoms with E-state index in [0.717, 1.165) is 12.0 Å². The molecular weight excluding hydrogens is 208 g/mol. The van der Waals surface area contributed by atoms with Crippen LogP contribution in [0.1, 0.15) is 10.4 Å². The number of carbonyl (C=O) groups excluding carboxylic acids is 1. The molecule has 1 amide bonds. The van der Waals surface area contributed by atoms with E-state index in [0.29, 0.717) is 18.7 Å². The number of benzene rings is 1. The fourth-order valence-electron chi connectivity index (χ4n) is 1.75. The molecule has 84 valence electrons. The molecule has 1 aromatic rings. The maximum atomic E-state index is 10.6. The molecule has 0 saturated carbocycles. The molecule has 1 aliphatic heterocycles. The smallest absolute Gasteiger partial charge is 0.405 e. The van der Waals surface area contributed by atoms with Crippen molar-refractivity contribution in [2.75, 3.05) is 18.0 Å². The van der Waals surface area contributed by atoms with Gasteiger partial charge in [0.2, 0.25) is 0 Å². The number of carboxylic acid groups (broad SMARTS) is 1. The molecule has 1 heterocycles. The molecule has 0 spiro atoms. The van der Waals surface area contributed by atoms with Gasteiger partial charge in [-0.05, 0) is 12.1 Å². The Morgan fingerprint density at radius 2 is 2.25 bits per heavy atom. The van der Waals surface area contributed by atoms with Gasteiger partial charge in [0.25, 0.3) is 0 Å². The second-order valence-electron chi connectivity index (χ2n) is 3.76. The summed E-state index contributed by atoms with van der Waals surface area (Å²) in [5.41, 5.74) is 1.58. The van der Waals surface area contributed by atoms with Crippen LogP contribution in [-0.2, 0) is 0 Å². The largest absolute Gasteiger partial charge is 0.465 e. The monoisotopic (exact) mass is 220 g/mol. The minimum absolute atomic E-state index is 0.0163. The molecule has 0 radical (unpaired) electrons. The van der Waals surface area contributed by atoms with Gasteiger partial charge in [-0.3, -0.25) is 4.79 Å². The number of anilines is 1. The molecule has 16 heavy (non-hydrogen) atoms. The second-order valence-corrected chi connectivity index (χ2v) is 3.76. The zero-order chi connectivity index (χ0) is 11.5. The Morgan fingerprint density at radius 1 is 1.50 bits per heavy atom. The SMILES string of the molecule is O=Cc1cccc(N2CC(NC(=O)O)C2)c1. The maximum absolute atomic E-state index is 10.6. The minimum atomic E-state index is -0.994. The van der Waals surface area contributed by atoms with Crippen molar-refractivity contribution in [3.63, 3.8) is 0 Å². The van der Waals surface area contributed by atoms with E-state index in [9.17, 15) is 9.59 Å². The third-order valence-electron chi connectivity index (χ3n) is 2.58. The van der Waals surface area contributed by atoms with Crippen LogP contribution < -0.4 is 10.2 Å². The Bertz CT molecular complexity index is 413. The van der Waals surface area contributed by atoms with Gasteiger partial charge in [0.1, 0.15) is 6.29 Å². The number of nitrogens with one attached hydrogen (secondary N) is 1. The van der Waals surface area contributed by atoms with Crippen molar-refractivity contribution in [3.05, 3.63) is 29.8 Å². The summed E-state index contributed by atoms with van der Waals surface area (Å²) in [6, 6.07) is 7.24. The van der Waals surface area contributed by atoms with E-state index < -0.39 is 6.09 Å². The van der Waals surface area contributed by atoms with E-state index in [2.05, 4.69) is 5.32 Å². The van der Waals surface area contributed by atoms with Crippen molar-refractivity contribution in [2.24, 2.45) is 0 Å². The lowest BCUT2D eigenvalue weighted by Gasteiger charge is -2.40. The first-order valence-corrected chi connectivity index (χ1v) is 4.98. The van der Waals surface area contributed by atoms with E-state index >= 15 is 0 Å². The van der Waals surface area contributed by atoms with Gasteiger partial charge in [0.15, 0.2) is 0 Å². The molecular formula is C11H12N2O3. The molecule has 5 nitrogen and oxygen atoms in total. The average molecular weight is 220 g/mol. The summed E-state index contributed by atoms with van der Waals surface area (Å²) in [6.45, 7) is 1.29. The van der Waals surface area contributed by atoms with E-state index in [4.69, 9.17) is 5.11 Å². The summed E-state index contributed by atoms with van der Waals surface area (Å²) in [4.78, 5) is 23.0. The van der Waals surface area contributed by atoms with Crippen LogP contribution in [0.25, 0.3) is 0 Å². The molecule has 0 unspecified atom stereocenters. The molecule has 0 bridgehead atoms. The predicted octanol–water partition coefficient (Wildman–Crippen LogP) is 0.955. The fraction of sp³-hybridized carbons (Fsp3) is 0.273. The molecule has 0 aromatic heterocycles. The number of nitrogens with zero attached hydrogens (tertiary/aromatic N) is 1. The molecule has 1 aromatic carbocycles. The van der Waals surface area contributed by atoms with Crippen LogP contribution >= 0.6 is 0 Å². The fourth-order valence-corrected chi connectivity index (χ4v) is 1.75. The van der Waals surface area contributed by atoms with Crippen molar-refractivity contribution >= 4 is 18.1 Å². The summed E-state index contributed by atoms with van der Waals surface area (Å²) in [6.07, 6.45) is -0.192. The van der Waals surface area contributed by atoms with E-state index in [1.807, 2.05) is 17.0 Å². The first-order chi connectivity index (χ1) is 7.69. The Morgan fingerprint density at radius 3 is 2.88 bits per heavy atom. The van der Waals surface area contributed by atoms with Gasteiger partial charge in [0, 0.05) is 24.3 Å². The quantitative estimate of drug-likeness (QED) is 0.744. The van der Waals surface area contributed by atoms with Crippen LogP contribution in [0, 0.1) is 0 Å². The van der Waals surface area contributed by atoms with Gasteiger partial charge in [-0.2, -0.15) is 0 Å². The standard InChI is InChI=1S/C11H12N2O3/c14-7-8-2-1-3-10(4-8)13-5-9(6-13)12-11(15)16/h1-4,7,9,12H,5-6H2,(H,15,16). The summed E-state index contributed by atoms with van der Waals surface area (Å²) in [7, 11) is 0. The van der Waals surface area contributed by atoms with Gasteiger partial charge in [-0.1, -0.05) is 12.1 Å². The Balaban J connectivity index is 1.95. The molecule has 1 saturated heterocycles. The van der Waals surface area contributed by atoms with Crippen LogP contribution in [0.15, 0.2) is 24.3 Å². The third kappa shape index (κ3) is 2.13. The van der Waals surface area contributed by atoms with Crippen LogP contribution in [-0.4, -0.2) is 36.6 Å². The van der Waals surface area contributed by atoms with Crippen molar-refractivity contribution in [2.45, 2.75) is 6.04 Å². The van der Waals surface area contributed by atoms with Gasteiger partial charge < -0.3 is 15.3 Å². The van der Waals surface area contributed by atoms with Gasteiger partial charge in [0.05, 0.1) is 6.04 Å². The number of carbonyl (C=O) groups is 2. The number of aldehydes is 1. The maximum Gasteiger partial charge on any atom is 0.405 e. The predicted molar refractivity (Wildman–Crippen MR) is 59.0 cm³/mol. The van der Waals surface area contributed by atoms with E-state index in [1.54, 1.807) is 12.1 Å². The summed E-state index contributed by atoms with van der Waals surface area (Å²) in [5.74, 6) is 0. The number of hydrogen-bond acceptors (Lipinski definition) is 3. The molecule has 1 aliphatic rings. The van der Waals surface area contributed by atoms with Gasteiger partial charge >= 0.3 is 6.09 Å². The first kappa shape index (κ1) is 10.5. The zero-order valence-corrected chi connectivity index (χ0v) is 8.59. The number of amides is 1. The second kappa shape index (κ2) is 4.22. The van der Waals surface area contributed by atoms with Crippen molar-refractivity contribution in [1.82, 2.24) is 5.32 Å². The van der Waals surface area contributed by atoms with Gasteiger partial charge in [-0.25, -0.2) is 4.79 Å². The van der Waals surface area contributed by atoms with Crippen molar-refractivity contribution in [3.8, 4) is 0 Å². The first-order valence-electron chi connectivity index (χ1n) is 4.98. The van der Waals surface area contributed by atoms with Crippen LogP contribution in [0.2, 0.25) is 0 Å². The highest BCUT2D eigenvalue weighted by Gasteiger charge is 2.27. The summed E-state index contributed by atoms with van der Waals surface area (Å²) < 4.78 is 0. The Labute approximate surface area is 92.7 Å². The molecule has 0 aliphatic carbocycles. The third-order valence-corrected chi connectivity index (χ3v) is 2.58. The Hall–Kier alpha value is -2.04. The lowest BCUT2D eigenvalue weighted by atomic mass is 10.1. The molecule has 2 N–H and O–H groups in total. The van der Waals surface area contributed by atoms with E-state index in [-0.39, 0.29) is 6.04 Å².